The summed E-state index contributed by atoms with van der Waals surface area (Å²) in [6, 6.07) is 58.8. The van der Waals surface area contributed by atoms with Crippen molar-refractivity contribution in [3.05, 3.63) is 158 Å². The minimum atomic E-state index is 0.0486. The van der Waals surface area contributed by atoms with Crippen LogP contribution in [0.1, 0.15) is 25.7 Å². The number of hydrogen-bond acceptors (Lipinski definition) is 3. The fraction of sp³-hybridized carbons (Fsp3) is 0.182. The van der Waals surface area contributed by atoms with Gasteiger partial charge in [-0.15, -0.1) is 0 Å². The van der Waals surface area contributed by atoms with Gasteiger partial charge in [-0.05, 0) is 186 Å². The third-order valence-electron chi connectivity index (χ3n) is 13.6. The smallest absolute Gasteiger partial charge is 0.142 e. The molecule has 0 radical (unpaired) electrons. The number of piperidine rings is 2. The van der Waals surface area contributed by atoms with Gasteiger partial charge in [-0.1, -0.05) is 72.8 Å². The molecule has 0 saturated carbocycles. The van der Waals surface area contributed by atoms with Crippen LogP contribution in [0, 0.1) is 11.8 Å². The first-order chi connectivity index (χ1) is 28.6. The van der Waals surface area contributed by atoms with Gasteiger partial charge in [-0.3, -0.25) is 4.79 Å². The van der Waals surface area contributed by atoms with Crippen molar-refractivity contribution in [3.63, 3.8) is 0 Å². The number of nitrogens with zero attached hydrogens (tertiary/aromatic N) is 2. The van der Waals surface area contributed by atoms with Crippen molar-refractivity contribution < 1.29 is 4.79 Å². The second-order valence-electron chi connectivity index (χ2n) is 17.2. The van der Waals surface area contributed by atoms with Crippen LogP contribution in [0.2, 0.25) is 0 Å². The van der Waals surface area contributed by atoms with Crippen molar-refractivity contribution in [3.8, 4) is 0 Å². The van der Waals surface area contributed by atoms with E-state index in [4.69, 9.17) is 0 Å². The number of ketones is 1. The van der Waals surface area contributed by atoms with Crippen molar-refractivity contribution in [1.82, 2.24) is 0 Å². The van der Waals surface area contributed by atoms with E-state index >= 15 is 0 Å². The number of carbonyl (C=O) groups excluding carboxylic acids is 1. The molecule has 0 N–H and O–H groups in total. The molecule has 2 heterocycles. The fourth-order valence-electron chi connectivity index (χ4n) is 10.6. The lowest BCUT2D eigenvalue weighted by Gasteiger charge is -2.39. The van der Waals surface area contributed by atoms with Gasteiger partial charge < -0.3 is 9.80 Å². The summed E-state index contributed by atoms with van der Waals surface area (Å²) in [6.45, 7) is 3.55. The molecule has 280 valence electrons. The van der Waals surface area contributed by atoms with Crippen molar-refractivity contribution in [1.29, 1.82) is 0 Å². The van der Waals surface area contributed by atoms with Gasteiger partial charge in [0.2, 0.25) is 0 Å². The van der Waals surface area contributed by atoms with E-state index in [1.165, 1.54) is 97.6 Å². The molecule has 2 fully saturated rings. The quantitative estimate of drug-likeness (QED) is 0.167. The molecule has 2 aliphatic rings. The van der Waals surface area contributed by atoms with E-state index in [-0.39, 0.29) is 11.8 Å². The van der Waals surface area contributed by atoms with Crippen molar-refractivity contribution >= 4 is 103 Å². The maximum absolute atomic E-state index is 14.6. The normalized spacial score (nSPS) is 17.8. The van der Waals surface area contributed by atoms with Crippen LogP contribution in [0.5, 0.6) is 0 Å². The van der Waals surface area contributed by atoms with Crippen LogP contribution >= 0.6 is 0 Å². The van der Waals surface area contributed by atoms with E-state index in [1.807, 2.05) is 0 Å². The second kappa shape index (κ2) is 13.3. The maximum atomic E-state index is 14.6. The lowest BCUT2D eigenvalue weighted by Crippen LogP contribution is -2.45. The number of carbonyl (C=O) groups is 1. The predicted octanol–water partition coefficient (Wildman–Crippen LogP) is 13.6. The van der Waals surface area contributed by atoms with Crippen LogP contribution in [-0.2, 0) is 4.79 Å². The minimum Gasteiger partial charge on any atom is -0.370 e. The van der Waals surface area contributed by atoms with Crippen LogP contribution < -0.4 is 9.80 Å². The number of anilines is 2. The molecule has 3 nitrogen and oxygen atoms in total. The summed E-state index contributed by atoms with van der Waals surface area (Å²) in [7, 11) is 0. The fourth-order valence-corrected chi connectivity index (χ4v) is 10.6. The first-order valence-corrected chi connectivity index (χ1v) is 21.2. The summed E-state index contributed by atoms with van der Waals surface area (Å²) < 4.78 is 0. The van der Waals surface area contributed by atoms with E-state index in [0.717, 1.165) is 51.9 Å². The predicted molar refractivity (Wildman–Crippen MR) is 248 cm³/mol. The van der Waals surface area contributed by atoms with Gasteiger partial charge >= 0.3 is 0 Å². The molecule has 0 aliphatic carbocycles. The molecule has 10 aromatic rings. The Balaban J connectivity index is 0.825. The van der Waals surface area contributed by atoms with Crippen molar-refractivity contribution in [2.45, 2.75) is 25.7 Å². The average molecular weight is 749 g/mol. The van der Waals surface area contributed by atoms with Gasteiger partial charge in [0.15, 0.2) is 0 Å². The van der Waals surface area contributed by atoms with Crippen LogP contribution in [0.4, 0.5) is 11.4 Å². The molecule has 2 aliphatic heterocycles. The highest BCUT2D eigenvalue weighted by Gasteiger charge is 2.34. The molecule has 3 heteroatoms. The topological polar surface area (TPSA) is 23.6 Å². The molecule has 0 aromatic heterocycles. The van der Waals surface area contributed by atoms with E-state index < -0.39 is 0 Å². The minimum absolute atomic E-state index is 0.0486. The van der Waals surface area contributed by atoms with Gasteiger partial charge in [0.05, 0.1) is 0 Å². The zero-order valence-corrected chi connectivity index (χ0v) is 32.6. The van der Waals surface area contributed by atoms with E-state index in [0.29, 0.717) is 5.78 Å². The Morgan fingerprint density at radius 3 is 1.05 bits per heavy atom. The van der Waals surface area contributed by atoms with Crippen molar-refractivity contribution in [2.75, 3.05) is 36.0 Å². The summed E-state index contributed by atoms with van der Waals surface area (Å²) in [5.74, 6) is 0.558. The monoisotopic (exact) mass is 748 g/mol. The summed E-state index contributed by atoms with van der Waals surface area (Å²) in [6.07, 6.45) is 4.02. The molecule has 2 saturated heterocycles. The van der Waals surface area contributed by atoms with Gasteiger partial charge in [0, 0.05) is 60.2 Å². The zero-order valence-electron chi connectivity index (χ0n) is 32.6. The molecule has 12 rings (SSSR count). The third kappa shape index (κ3) is 5.67. The number of Topliss-reactive ketones (excluding diaryl/α,β-unsaturated/α-hetero) is 1. The van der Waals surface area contributed by atoms with Crippen LogP contribution in [0.3, 0.4) is 0 Å². The van der Waals surface area contributed by atoms with E-state index in [1.54, 1.807) is 0 Å². The Hall–Kier alpha value is -6.45. The van der Waals surface area contributed by atoms with Crippen LogP contribution in [0.25, 0.3) is 86.2 Å². The summed E-state index contributed by atoms with van der Waals surface area (Å²) >= 11 is 0. The Labute approximate surface area is 338 Å². The highest BCUT2D eigenvalue weighted by molar-refractivity contribution is 6.12. The van der Waals surface area contributed by atoms with Crippen molar-refractivity contribution in [2.24, 2.45) is 11.8 Å². The highest BCUT2D eigenvalue weighted by Crippen LogP contribution is 2.39. The lowest BCUT2D eigenvalue weighted by molar-refractivity contribution is -0.127. The number of rotatable bonds is 4. The van der Waals surface area contributed by atoms with Crippen LogP contribution in [-0.4, -0.2) is 32.0 Å². The molecule has 10 aromatic carbocycles. The highest BCUT2D eigenvalue weighted by atomic mass is 16.1. The number of benzene rings is 10. The van der Waals surface area contributed by atoms with Gasteiger partial charge in [-0.2, -0.15) is 0 Å². The maximum Gasteiger partial charge on any atom is 0.142 e. The third-order valence-corrected chi connectivity index (χ3v) is 13.6. The molecule has 2 unspecified atom stereocenters. The standard InChI is InChI=1S/C55H44N2O/c58-55(41-15-7-19-56(33-41)53-17-5-13-39-25-47-27-43-21-35-9-1-3-11-37(35)23-45(43)29-49(47)31-51(39)53)42-16-8-20-57(34-42)54-18-6-14-40-26-48-28-44-22-36-10-2-4-12-38(36)24-46(44)30-50(48)32-52(40)54/h1-6,9-14,17-18,21-32,41-42H,7-8,15-16,19-20,33-34H2. The lowest BCUT2D eigenvalue weighted by atomic mass is 9.82. The Morgan fingerprint density at radius 1 is 0.362 bits per heavy atom. The molecule has 0 spiro atoms. The molecule has 58 heavy (non-hydrogen) atoms. The first kappa shape index (κ1) is 33.7. The van der Waals surface area contributed by atoms with Gasteiger partial charge in [-0.25, -0.2) is 0 Å². The Bertz CT molecular complexity index is 3090. The number of fused-ring (bicyclic) bond motifs is 8. The van der Waals surface area contributed by atoms with Crippen LogP contribution in [0.15, 0.2) is 158 Å². The van der Waals surface area contributed by atoms with E-state index in [2.05, 4.69) is 168 Å². The summed E-state index contributed by atoms with van der Waals surface area (Å²) in [4.78, 5) is 19.6. The summed E-state index contributed by atoms with van der Waals surface area (Å²) in [5, 5.41) is 20.3. The number of hydrogen-bond donors (Lipinski definition) is 0. The molecule has 0 bridgehead atoms. The largest absolute Gasteiger partial charge is 0.370 e. The average Bonchev–Trinajstić information content (AvgIpc) is 3.26. The summed E-state index contributed by atoms with van der Waals surface area (Å²) in [5.41, 5.74) is 2.51. The van der Waals surface area contributed by atoms with Gasteiger partial charge in [0.1, 0.15) is 5.78 Å². The molecule has 2 atom stereocenters. The van der Waals surface area contributed by atoms with Gasteiger partial charge in [0.25, 0.3) is 0 Å². The second-order valence-corrected chi connectivity index (χ2v) is 17.2. The molecular formula is C55H44N2O. The SMILES string of the molecule is O=C(C1CCCN(c2cccc3cc4cc5cc6ccccc6cc5cc4cc23)C1)C1CCCN(c2cccc3cc4cc5cc6ccccc6cc5cc4cc23)C1. The molecular weight excluding hydrogens is 705 g/mol. The Morgan fingerprint density at radius 2 is 0.672 bits per heavy atom. The van der Waals surface area contributed by atoms with E-state index in [9.17, 15) is 4.79 Å². The Kier molecular flexibility index (Phi) is 7.73. The zero-order chi connectivity index (χ0) is 38.3. The first-order valence-electron chi connectivity index (χ1n) is 21.2. The molecule has 0 amide bonds.